The molecule has 0 aliphatic rings. The van der Waals surface area contributed by atoms with Crippen molar-refractivity contribution in [3.8, 4) is 0 Å². The molecule has 0 rings (SSSR count). The van der Waals surface area contributed by atoms with Crippen LogP contribution in [-0.2, 0) is 14.3 Å². The smallest absolute Gasteiger partial charge is 0.374 e. The third-order valence-corrected chi connectivity index (χ3v) is 3.57. The zero-order valence-corrected chi connectivity index (χ0v) is 14.5. The molecule has 0 spiro atoms. The van der Waals surface area contributed by atoms with E-state index in [2.05, 4.69) is 27.7 Å². The number of ether oxygens (including phenoxy) is 1. The Labute approximate surface area is 130 Å². The summed E-state index contributed by atoms with van der Waals surface area (Å²) in [7, 11) is 0. The molecule has 0 aromatic carbocycles. The number of hydrogen-bond donors (Lipinski definition) is 0. The van der Waals surface area contributed by atoms with Crippen molar-refractivity contribution in [1.29, 1.82) is 0 Å². The Morgan fingerprint density at radius 2 is 1.29 bits per heavy atom. The van der Waals surface area contributed by atoms with Crippen molar-refractivity contribution in [2.45, 2.75) is 85.5 Å². The van der Waals surface area contributed by atoms with Gasteiger partial charge in [0.05, 0.1) is 6.61 Å². The van der Waals surface area contributed by atoms with Crippen LogP contribution in [0.1, 0.15) is 85.5 Å². The van der Waals surface area contributed by atoms with E-state index in [0.29, 0.717) is 18.9 Å². The van der Waals surface area contributed by atoms with E-state index in [9.17, 15) is 9.59 Å². The fourth-order valence-electron chi connectivity index (χ4n) is 2.20. The zero-order valence-electron chi connectivity index (χ0n) is 14.5. The monoisotopic (exact) mass is 298 g/mol. The molecule has 0 radical (unpaired) electrons. The summed E-state index contributed by atoms with van der Waals surface area (Å²) in [6.45, 7) is 9.11. The van der Waals surface area contributed by atoms with E-state index < -0.39 is 5.97 Å². The van der Waals surface area contributed by atoms with Gasteiger partial charge in [-0.05, 0) is 24.7 Å². The highest BCUT2D eigenvalue weighted by Gasteiger charge is 2.14. The molecule has 0 aromatic heterocycles. The lowest BCUT2D eigenvalue weighted by Gasteiger charge is -2.06. The summed E-state index contributed by atoms with van der Waals surface area (Å²) in [5, 5.41) is 0. The molecule has 124 valence electrons. The maximum absolute atomic E-state index is 11.5. The fourth-order valence-corrected chi connectivity index (χ4v) is 2.20. The Kier molecular flexibility index (Phi) is 12.3. The normalized spacial score (nSPS) is 11.1. The summed E-state index contributed by atoms with van der Waals surface area (Å²) in [4.78, 5) is 23.0. The van der Waals surface area contributed by atoms with Crippen molar-refractivity contribution < 1.29 is 14.3 Å². The van der Waals surface area contributed by atoms with Crippen LogP contribution in [0.5, 0.6) is 0 Å². The molecule has 0 N–H and O–H groups in total. The van der Waals surface area contributed by atoms with Crippen molar-refractivity contribution in [3.63, 3.8) is 0 Å². The number of hydrogen-bond acceptors (Lipinski definition) is 3. The first kappa shape index (κ1) is 20.1. The number of Topliss-reactive ketones (excluding diaryl/α,β-unsaturated/α-hetero) is 1. The zero-order chi connectivity index (χ0) is 16.1. The lowest BCUT2D eigenvalue weighted by Crippen LogP contribution is -2.18. The van der Waals surface area contributed by atoms with Gasteiger partial charge in [0.15, 0.2) is 0 Å². The number of carbonyl (C=O) groups excluding carboxylic acids is 2. The van der Waals surface area contributed by atoms with Crippen LogP contribution in [0.4, 0.5) is 0 Å². The molecule has 0 aromatic rings. The number of ketones is 1. The average molecular weight is 298 g/mol. The van der Waals surface area contributed by atoms with Gasteiger partial charge in [0.2, 0.25) is 5.78 Å². The fraction of sp³-hybridized carbons (Fsp3) is 0.889. The summed E-state index contributed by atoms with van der Waals surface area (Å²) in [5.74, 6) is 0.350. The second-order valence-corrected chi connectivity index (χ2v) is 6.80. The molecule has 0 bridgehead atoms. The predicted octanol–water partition coefficient (Wildman–Crippen LogP) is 4.92. The van der Waals surface area contributed by atoms with Crippen LogP contribution < -0.4 is 0 Å². The highest BCUT2D eigenvalue weighted by atomic mass is 16.5. The molecule has 0 aliphatic heterocycles. The Balaban J connectivity index is 3.42. The molecule has 0 saturated carbocycles. The van der Waals surface area contributed by atoms with Crippen molar-refractivity contribution in [3.05, 3.63) is 0 Å². The molecule has 0 atom stereocenters. The van der Waals surface area contributed by atoms with Crippen molar-refractivity contribution in [1.82, 2.24) is 0 Å². The van der Waals surface area contributed by atoms with Crippen LogP contribution in [0.2, 0.25) is 0 Å². The van der Waals surface area contributed by atoms with Gasteiger partial charge < -0.3 is 4.74 Å². The molecule has 3 nitrogen and oxygen atoms in total. The highest BCUT2D eigenvalue weighted by Crippen LogP contribution is 2.11. The minimum Gasteiger partial charge on any atom is -0.460 e. The number of unbranched alkanes of at least 4 members (excludes halogenated alkanes) is 4. The first-order valence-electron chi connectivity index (χ1n) is 8.63. The summed E-state index contributed by atoms with van der Waals surface area (Å²) >= 11 is 0. The second kappa shape index (κ2) is 12.8. The van der Waals surface area contributed by atoms with Gasteiger partial charge in [-0.1, -0.05) is 66.2 Å². The Hall–Kier alpha value is -0.860. The minimum absolute atomic E-state index is 0.326. The van der Waals surface area contributed by atoms with Crippen molar-refractivity contribution in [2.75, 3.05) is 6.61 Å². The van der Waals surface area contributed by atoms with Crippen molar-refractivity contribution in [2.24, 2.45) is 11.8 Å². The van der Waals surface area contributed by atoms with Crippen LogP contribution in [0.3, 0.4) is 0 Å². The maximum Gasteiger partial charge on any atom is 0.374 e. The predicted molar refractivity (Wildman–Crippen MR) is 87.2 cm³/mol. The maximum atomic E-state index is 11.5. The van der Waals surface area contributed by atoms with E-state index in [1.165, 1.54) is 25.7 Å². The highest BCUT2D eigenvalue weighted by molar-refractivity contribution is 6.33. The standard InChI is InChI=1S/C18H34O3/c1-15(2)11-8-6-5-7-9-14-21-18(20)17(19)13-10-12-16(3)4/h15-16H,5-14H2,1-4H3. The quantitative estimate of drug-likeness (QED) is 0.275. The van der Waals surface area contributed by atoms with Gasteiger partial charge in [0.25, 0.3) is 0 Å². The summed E-state index contributed by atoms with van der Waals surface area (Å²) < 4.78 is 5.02. The first-order valence-corrected chi connectivity index (χ1v) is 8.63. The SMILES string of the molecule is CC(C)CCCCCCCOC(=O)C(=O)CCCC(C)C. The van der Waals surface area contributed by atoms with Crippen LogP contribution in [-0.4, -0.2) is 18.4 Å². The molecule has 0 saturated heterocycles. The first-order chi connectivity index (χ1) is 9.93. The lowest BCUT2D eigenvalue weighted by atomic mass is 10.0. The van der Waals surface area contributed by atoms with Crippen LogP contribution in [0.25, 0.3) is 0 Å². The molecule has 21 heavy (non-hydrogen) atoms. The molecule has 0 unspecified atom stereocenters. The van der Waals surface area contributed by atoms with Gasteiger partial charge in [-0.25, -0.2) is 4.79 Å². The van der Waals surface area contributed by atoms with Crippen LogP contribution in [0, 0.1) is 11.8 Å². The van der Waals surface area contributed by atoms with E-state index in [0.717, 1.165) is 31.6 Å². The summed E-state index contributed by atoms with van der Waals surface area (Å²) in [5.41, 5.74) is 0. The van der Waals surface area contributed by atoms with Crippen LogP contribution in [0.15, 0.2) is 0 Å². The molecule has 0 aliphatic carbocycles. The summed E-state index contributed by atoms with van der Waals surface area (Å²) in [6.07, 6.45) is 9.04. The topological polar surface area (TPSA) is 43.4 Å². The van der Waals surface area contributed by atoms with E-state index in [1.807, 2.05) is 0 Å². The second-order valence-electron chi connectivity index (χ2n) is 6.80. The van der Waals surface area contributed by atoms with Crippen LogP contribution >= 0.6 is 0 Å². The molecule has 3 heteroatoms. The number of carbonyl (C=O) groups is 2. The van der Waals surface area contributed by atoms with Gasteiger partial charge in [0, 0.05) is 6.42 Å². The van der Waals surface area contributed by atoms with E-state index >= 15 is 0 Å². The lowest BCUT2D eigenvalue weighted by molar-refractivity contribution is -0.154. The Morgan fingerprint density at radius 1 is 0.762 bits per heavy atom. The molecule has 0 fully saturated rings. The molecule has 0 amide bonds. The Morgan fingerprint density at radius 3 is 1.90 bits per heavy atom. The van der Waals surface area contributed by atoms with Gasteiger partial charge in [-0.15, -0.1) is 0 Å². The van der Waals surface area contributed by atoms with Crippen molar-refractivity contribution >= 4 is 11.8 Å². The number of esters is 1. The average Bonchev–Trinajstić information content (AvgIpc) is 2.40. The van der Waals surface area contributed by atoms with Gasteiger partial charge >= 0.3 is 5.97 Å². The Bertz CT molecular complexity index is 282. The molecular weight excluding hydrogens is 264 g/mol. The summed E-state index contributed by atoms with van der Waals surface area (Å²) in [6, 6.07) is 0. The number of rotatable bonds is 13. The van der Waals surface area contributed by atoms with Gasteiger partial charge in [0.1, 0.15) is 0 Å². The van der Waals surface area contributed by atoms with E-state index in [-0.39, 0.29) is 5.78 Å². The van der Waals surface area contributed by atoms with Gasteiger partial charge in [-0.2, -0.15) is 0 Å². The third kappa shape index (κ3) is 13.9. The van der Waals surface area contributed by atoms with E-state index in [1.54, 1.807) is 0 Å². The minimum atomic E-state index is -0.640. The molecule has 0 heterocycles. The van der Waals surface area contributed by atoms with E-state index in [4.69, 9.17) is 4.74 Å². The molecular formula is C18H34O3. The van der Waals surface area contributed by atoms with Gasteiger partial charge in [-0.3, -0.25) is 4.79 Å². The third-order valence-electron chi connectivity index (χ3n) is 3.57. The largest absolute Gasteiger partial charge is 0.460 e.